The fourth-order valence-corrected chi connectivity index (χ4v) is 3.55. The Bertz CT molecular complexity index is 299. The van der Waals surface area contributed by atoms with Crippen molar-refractivity contribution in [2.24, 2.45) is 0 Å². The lowest BCUT2D eigenvalue weighted by Crippen LogP contribution is -2.25. The average molecular weight is 417 g/mol. The first kappa shape index (κ1) is 28.8. The van der Waals surface area contributed by atoms with Gasteiger partial charge in [-0.15, -0.1) is 0 Å². The van der Waals surface area contributed by atoms with E-state index in [2.05, 4.69) is 6.92 Å². The van der Waals surface area contributed by atoms with E-state index in [1.54, 1.807) is 0 Å². The lowest BCUT2D eigenvalue weighted by atomic mass is 10.0. The van der Waals surface area contributed by atoms with E-state index in [9.17, 15) is 5.11 Å². The molecule has 0 bridgehead atoms. The van der Waals surface area contributed by atoms with Crippen molar-refractivity contribution >= 4 is 0 Å². The molecule has 0 saturated heterocycles. The van der Waals surface area contributed by atoms with Crippen molar-refractivity contribution in [1.82, 2.24) is 0 Å². The van der Waals surface area contributed by atoms with Gasteiger partial charge in [0, 0.05) is 13.2 Å². The maximum atomic E-state index is 9.80. The quantitative estimate of drug-likeness (QED) is 0.136. The topological polar surface area (TPSA) is 47.9 Å². The summed E-state index contributed by atoms with van der Waals surface area (Å²) in [4.78, 5) is 0. The number of hydrogen-bond donors (Lipinski definition) is 1. The first-order chi connectivity index (χ1) is 14.2. The highest BCUT2D eigenvalue weighted by molar-refractivity contribution is 4.53. The minimum absolute atomic E-state index is 0.264. The van der Waals surface area contributed by atoms with Crippen LogP contribution in [-0.2, 0) is 14.2 Å². The third kappa shape index (κ3) is 24.0. The van der Waals surface area contributed by atoms with E-state index in [0.29, 0.717) is 13.2 Å². The van der Waals surface area contributed by atoms with Crippen LogP contribution in [0.2, 0.25) is 0 Å². The van der Waals surface area contributed by atoms with Crippen LogP contribution in [0.5, 0.6) is 0 Å². The molecule has 4 nitrogen and oxygen atoms in total. The predicted octanol–water partition coefficient (Wildman–Crippen LogP) is 7.02. The van der Waals surface area contributed by atoms with Gasteiger partial charge in [-0.25, -0.2) is 0 Å². The summed E-state index contributed by atoms with van der Waals surface area (Å²) in [5.41, 5.74) is 0. The molecule has 2 unspecified atom stereocenters. The molecule has 1 N–H and O–H groups in total. The Morgan fingerprint density at radius 3 is 1.48 bits per heavy atom. The van der Waals surface area contributed by atoms with Crippen LogP contribution in [0, 0.1) is 0 Å². The summed E-state index contributed by atoms with van der Waals surface area (Å²) in [6, 6.07) is 0. The number of hydrogen-bond acceptors (Lipinski definition) is 4. The van der Waals surface area contributed by atoms with Crippen LogP contribution in [0.1, 0.15) is 124 Å². The van der Waals surface area contributed by atoms with E-state index in [1.165, 1.54) is 96.3 Å². The Kier molecular flexibility index (Phi) is 24.0. The van der Waals surface area contributed by atoms with Crippen LogP contribution in [0.3, 0.4) is 0 Å². The number of ether oxygens (including phenoxy) is 3. The van der Waals surface area contributed by atoms with E-state index in [4.69, 9.17) is 14.2 Å². The molecule has 0 aliphatic rings. The SMILES string of the molecule is CCCCCCCCCCCCCCCCCCOCC(O)COC(C)OCC. The van der Waals surface area contributed by atoms with Gasteiger partial charge in [-0.2, -0.15) is 0 Å². The normalized spacial score (nSPS) is 13.7. The minimum atomic E-state index is -0.570. The van der Waals surface area contributed by atoms with E-state index in [1.807, 2.05) is 13.8 Å². The zero-order chi connectivity index (χ0) is 21.4. The van der Waals surface area contributed by atoms with Crippen molar-refractivity contribution < 1.29 is 19.3 Å². The lowest BCUT2D eigenvalue weighted by molar-refractivity contribution is -0.149. The average Bonchev–Trinajstić information content (AvgIpc) is 2.71. The molecule has 0 aromatic carbocycles. The van der Waals surface area contributed by atoms with Gasteiger partial charge in [0.15, 0.2) is 6.29 Å². The van der Waals surface area contributed by atoms with Crippen LogP contribution in [0.4, 0.5) is 0 Å². The molecule has 4 heteroatoms. The highest BCUT2D eigenvalue weighted by atomic mass is 16.7. The Morgan fingerprint density at radius 1 is 0.586 bits per heavy atom. The first-order valence-electron chi connectivity index (χ1n) is 12.7. The van der Waals surface area contributed by atoms with Gasteiger partial charge in [-0.3, -0.25) is 0 Å². The van der Waals surface area contributed by atoms with Gasteiger partial charge in [-0.1, -0.05) is 103 Å². The second-order valence-corrected chi connectivity index (χ2v) is 8.39. The molecule has 0 heterocycles. The summed E-state index contributed by atoms with van der Waals surface area (Å²) >= 11 is 0. The van der Waals surface area contributed by atoms with Gasteiger partial charge in [0.25, 0.3) is 0 Å². The van der Waals surface area contributed by atoms with E-state index in [0.717, 1.165) is 13.0 Å². The number of aliphatic hydroxyl groups is 1. The molecule has 0 spiro atoms. The minimum Gasteiger partial charge on any atom is -0.388 e. The van der Waals surface area contributed by atoms with Crippen LogP contribution >= 0.6 is 0 Å². The molecule has 2 atom stereocenters. The fraction of sp³-hybridized carbons (Fsp3) is 1.00. The maximum Gasteiger partial charge on any atom is 0.154 e. The number of rotatable bonds is 24. The number of unbranched alkanes of at least 4 members (excludes halogenated alkanes) is 15. The van der Waals surface area contributed by atoms with Crippen molar-refractivity contribution in [2.45, 2.75) is 136 Å². The van der Waals surface area contributed by atoms with Gasteiger partial charge in [0.1, 0.15) is 6.10 Å². The first-order valence-corrected chi connectivity index (χ1v) is 12.7. The molecule has 29 heavy (non-hydrogen) atoms. The van der Waals surface area contributed by atoms with Crippen molar-refractivity contribution in [3.63, 3.8) is 0 Å². The van der Waals surface area contributed by atoms with Crippen LogP contribution < -0.4 is 0 Å². The molecule has 0 aliphatic carbocycles. The third-order valence-corrected chi connectivity index (χ3v) is 5.38. The predicted molar refractivity (Wildman–Crippen MR) is 123 cm³/mol. The fourth-order valence-electron chi connectivity index (χ4n) is 3.55. The van der Waals surface area contributed by atoms with Gasteiger partial charge >= 0.3 is 0 Å². The second-order valence-electron chi connectivity index (χ2n) is 8.39. The third-order valence-electron chi connectivity index (χ3n) is 5.38. The summed E-state index contributed by atoms with van der Waals surface area (Å²) in [6.07, 6.45) is 21.2. The monoisotopic (exact) mass is 416 g/mol. The molecule has 0 amide bonds. The molecule has 0 aliphatic heterocycles. The van der Waals surface area contributed by atoms with E-state index in [-0.39, 0.29) is 12.9 Å². The van der Waals surface area contributed by atoms with E-state index >= 15 is 0 Å². The molecule has 0 aromatic rings. The van der Waals surface area contributed by atoms with Gasteiger partial charge < -0.3 is 19.3 Å². The Balaban J connectivity index is 3.13. The zero-order valence-electron chi connectivity index (χ0n) is 20.0. The lowest BCUT2D eigenvalue weighted by Gasteiger charge is -2.16. The summed E-state index contributed by atoms with van der Waals surface area (Å²) in [5, 5.41) is 9.80. The number of aliphatic hydroxyl groups excluding tert-OH is 1. The van der Waals surface area contributed by atoms with Crippen molar-refractivity contribution in [3.05, 3.63) is 0 Å². The Morgan fingerprint density at radius 2 is 1.03 bits per heavy atom. The summed E-state index contributed by atoms with van der Waals surface area (Å²) in [5.74, 6) is 0. The molecule has 0 rings (SSSR count). The van der Waals surface area contributed by atoms with Gasteiger partial charge in [-0.05, 0) is 20.3 Å². The summed E-state index contributed by atoms with van der Waals surface area (Å²) < 4.78 is 16.2. The zero-order valence-corrected chi connectivity index (χ0v) is 20.0. The second kappa shape index (κ2) is 24.1. The largest absolute Gasteiger partial charge is 0.388 e. The molecule has 0 radical (unpaired) electrons. The highest BCUT2D eigenvalue weighted by Gasteiger charge is 2.08. The molecule has 0 aromatic heterocycles. The van der Waals surface area contributed by atoms with Crippen LogP contribution in [0.25, 0.3) is 0 Å². The molecule has 0 saturated carbocycles. The summed E-state index contributed by atoms with van der Waals surface area (Å²) in [6.45, 7) is 8.01. The van der Waals surface area contributed by atoms with Crippen molar-refractivity contribution in [3.8, 4) is 0 Å². The standard InChI is InChI=1S/C25H52O4/c1-4-6-7-8-9-10-11-12-13-14-15-16-17-18-19-20-21-27-22-25(26)23-29-24(3)28-5-2/h24-26H,4-23H2,1-3H3. The van der Waals surface area contributed by atoms with Crippen LogP contribution in [0.15, 0.2) is 0 Å². The smallest absolute Gasteiger partial charge is 0.154 e. The molecule has 176 valence electrons. The summed E-state index contributed by atoms with van der Waals surface area (Å²) in [7, 11) is 0. The van der Waals surface area contributed by atoms with Crippen molar-refractivity contribution in [1.29, 1.82) is 0 Å². The Hall–Kier alpha value is -0.160. The van der Waals surface area contributed by atoms with Crippen molar-refractivity contribution in [2.75, 3.05) is 26.4 Å². The highest BCUT2D eigenvalue weighted by Crippen LogP contribution is 2.13. The van der Waals surface area contributed by atoms with Gasteiger partial charge in [0.05, 0.1) is 13.2 Å². The molecular weight excluding hydrogens is 364 g/mol. The molecular formula is C25H52O4. The van der Waals surface area contributed by atoms with E-state index < -0.39 is 6.10 Å². The van der Waals surface area contributed by atoms with Gasteiger partial charge in [0.2, 0.25) is 0 Å². The molecule has 0 fully saturated rings. The maximum absolute atomic E-state index is 9.80. The van der Waals surface area contributed by atoms with Crippen LogP contribution in [-0.4, -0.2) is 43.9 Å². The Labute approximate surface area is 182 Å².